The molecule has 1 aromatic carbocycles. The van der Waals surface area contributed by atoms with Crippen LogP contribution in [0, 0.1) is 5.41 Å². The van der Waals surface area contributed by atoms with Crippen molar-refractivity contribution in [2.75, 3.05) is 38.5 Å². The van der Waals surface area contributed by atoms with Crippen LogP contribution in [0.25, 0.3) is 5.69 Å². The molecule has 2 saturated heterocycles. The summed E-state index contributed by atoms with van der Waals surface area (Å²) >= 11 is 0. The van der Waals surface area contributed by atoms with Gasteiger partial charge in [-0.3, -0.25) is 4.57 Å². The molecule has 0 saturated carbocycles. The van der Waals surface area contributed by atoms with Crippen molar-refractivity contribution >= 4 is 5.82 Å². The maximum Gasteiger partial charge on any atom is 0.354 e. The van der Waals surface area contributed by atoms with Crippen LogP contribution in [-0.2, 0) is 6.42 Å². The molecule has 3 heterocycles. The van der Waals surface area contributed by atoms with E-state index in [1.165, 1.54) is 49.2 Å². The van der Waals surface area contributed by atoms with E-state index in [-0.39, 0.29) is 11.5 Å². The lowest BCUT2D eigenvalue weighted by atomic mass is 9.87. The number of anilines is 1. The molecule has 25 heavy (non-hydrogen) atoms. The lowest BCUT2D eigenvalue weighted by Gasteiger charge is -2.22. The molecule has 1 unspecified atom stereocenters. The third-order valence-electron chi connectivity index (χ3n) is 5.61. The Labute approximate surface area is 147 Å². The molecule has 1 atom stereocenters. The van der Waals surface area contributed by atoms with Gasteiger partial charge in [-0.25, -0.2) is 4.79 Å². The van der Waals surface area contributed by atoms with Gasteiger partial charge in [-0.1, -0.05) is 12.1 Å². The molecule has 6 nitrogen and oxygen atoms in total. The Morgan fingerprint density at radius 3 is 2.76 bits per heavy atom. The molecular formula is C19H25N5O. The third-order valence-corrected chi connectivity index (χ3v) is 5.61. The lowest BCUT2D eigenvalue weighted by Crippen LogP contribution is -2.30. The first kappa shape index (κ1) is 16.3. The van der Waals surface area contributed by atoms with Crippen molar-refractivity contribution in [2.45, 2.75) is 19.3 Å². The summed E-state index contributed by atoms with van der Waals surface area (Å²) in [5, 5.41) is 3.51. The molecule has 0 aliphatic carbocycles. The van der Waals surface area contributed by atoms with Crippen molar-refractivity contribution in [3.8, 4) is 5.69 Å². The SMILES string of the molecule is Nc1ccn(-c2ccc(CCN3CCC4(CCNC4)C3)cc2)c(=O)n1. The minimum Gasteiger partial charge on any atom is -0.383 e. The van der Waals surface area contributed by atoms with Crippen LogP contribution in [0.15, 0.2) is 41.3 Å². The number of likely N-dealkylation sites (tertiary alicyclic amines) is 1. The zero-order valence-electron chi connectivity index (χ0n) is 14.4. The highest BCUT2D eigenvalue weighted by molar-refractivity contribution is 5.36. The van der Waals surface area contributed by atoms with Gasteiger partial charge in [0.1, 0.15) is 5.82 Å². The topological polar surface area (TPSA) is 76.2 Å². The molecule has 0 amide bonds. The van der Waals surface area contributed by atoms with E-state index in [1.807, 2.05) is 12.1 Å². The normalized spacial score (nSPS) is 23.5. The highest BCUT2D eigenvalue weighted by atomic mass is 16.1. The van der Waals surface area contributed by atoms with Gasteiger partial charge in [0, 0.05) is 25.8 Å². The van der Waals surface area contributed by atoms with E-state index in [2.05, 4.69) is 27.3 Å². The van der Waals surface area contributed by atoms with Crippen molar-refractivity contribution in [3.05, 3.63) is 52.6 Å². The average Bonchev–Trinajstić information content (AvgIpc) is 3.24. The van der Waals surface area contributed by atoms with Crippen LogP contribution in [0.1, 0.15) is 18.4 Å². The quantitative estimate of drug-likeness (QED) is 0.870. The minimum absolute atomic E-state index is 0.249. The fourth-order valence-corrected chi connectivity index (χ4v) is 4.09. The minimum atomic E-state index is -0.347. The van der Waals surface area contributed by atoms with Gasteiger partial charge < -0.3 is 16.0 Å². The molecule has 4 rings (SSSR count). The van der Waals surface area contributed by atoms with Gasteiger partial charge in [-0.2, -0.15) is 4.98 Å². The summed E-state index contributed by atoms with van der Waals surface area (Å²) in [5.74, 6) is 0.249. The van der Waals surface area contributed by atoms with Gasteiger partial charge >= 0.3 is 5.69 Å². The van der Waals surface area contributed by atoms with E-state index in [1.54, 1.807) is 12.3 Å². The molecular weight excluding hydrogens is 314 g/mol. The zero-order chi connectivity index (χ0) is 17.3. The van der Waals surface area contributed by atoms with E-state index < -0.39 is 0 Å². The number of hydrogen-bond donors (Lipinski definition) is 2. The van der Waals surface area contributed by atoms with Gasteiger partial charge in [0.05, 0.1) is 5.69 Å². The second kappa shape index (κ2) is 6.61. The molecule has 2 aliphatic rings. The Morgan fingerprint density at radius 1 is 1.20 bits per heavy atom. The second-order valence-electron chi connectivity index (χ2n) is 7.37. The molecule has 0 bridgehead atoms. The van der Waals surface area contributed by atoms with Crippen LogP contribution in [0.3, 0.4) is 0 Å². The van der Waals surface area contributed by atoms with Crippen LogP contribution >= 0.6 is 0 Å². The highest BCUT2D eigenvalue weighted by Crippen LogP contribution is 2.35. The van der Waals surface area contributed by atoms with Gasteiger partial charge in [0.15, 0.2) is 0 Å². The second-order valence-corrected chi connectivity index (χ2v) is 7.37. The standard InChI is InChI=1S/C19H25N5O/c20-17-6-11-24(18(25)22-17)16-3-1-15(2-4-16)5-10-23-12-8-19(14-23)7-9-21-13-19/h1-4,6,11,21H,5,7-10,12-14H2,(H2,20,22,25). The van der Waals surface area contributed by atoms with E-state index in [4.69, 9.17) is 5.73 Å². The smallest absolute Gasteiger partial charge is 0.354 e. The first-order chi connectivity index (χ1) is 12.1. The summed E-state index contributed by atoms with van der Waals surface area (Å²) < 4.78 is 1.51. The average molecular weight is 339 g/mol. The van der Waals surface area contributed by atoms with Crippen LogP contribution in [-0.4, -0.2) is 47.2 Å². The fraction of sp³-hybridized carbons (Fsp3) is 0.474. The first-order valence-corrected chi connectivity index (χ1v) is 9.01. The van der Waals surface area contributed by atoms with Crippen LogP contribution in [0.4, 0.5) is 5.82 Å². The van der Waals surface area contributed by atoms with E-state index in [9.17, 15) is 4.79 Å². The largest absolute Gasteiger partial charge is 0.383 e. The number of nitrogen functional groups attached to an aromatic ring is 1. The summed E-state index contributed by atoms with van der Waals surface area (Å²) in [6, 6.07) is 9.78. The first-order valence-electron chi connectivity index (χ1n) is 9.01. The summed E-state index contributed by atoms with van der Waals surface area (Å²) in [6.07, 6.45) is 5.35. The lowest BCUT2D eigenvalue weighted by molar-refractivity contribution is 0.277. The molecule has 2 aliphatic heterocycles. The number of aromatic nitrogens is 2. The van der Waals surface area contributed by atoms with Crippen LogP contribution in [0.5, 0.6) is 0 Å². The van der Waals surface area contributed by atoms with Crippen molar-refractivity contribution in [2.24, 2.45) is 5.41 Å². The molecule has 1 spiro atoms. The van der Waals surface area contributed by atoms with Crippen molar-refractivity contribution in [1.29, 1.82) is 0 Å². The van der Waals surface area contributed by atoms with Gasteiger partial charge in [-0.15, -0.1) is 0 Å². The summed E-state index contributed by atoms with van der Waals surface area (Å²) in [6.45, 7) is 5.90. The summed E-state index contributed by atoms with van der Waals surface area (Å²) in [4.78, 5) is 18.3. The van der Waals surface area contributed by atoms with Crippen LogP contribution in [0.2, 0.25) is 0 Å². The third kappa shape index (κ3) is 3.45. The van der Waals surface area contributed by atoms with Crippen LogP contribution < -0.4 is 16.7 Å². The van der Waals surface area contributed by atoms with Gasteiger partial charge in [0.25, 0.3) is 0 Å². The number of nitrogens with two attached hydrogens (primary N) is 1. The maximum atomic E-state index is 11.9. The molecule has 2 aromatic rings. The molecule has 1 aromatic heterocycles. The molecule has 6 heteroatoms. The summed E-state index contributed by atoms with van der Waals surface area (Å²) in [5.41, 5.74) is 7.84. The number of nitrogens with one attached hydrogen (secondary N) is 1. The number of benzene rings is 1. The van der Waals surface area contributed by atoms with E-state index in [0.29, 0.717) is 5.41 Å². The van der Waals surface area contributed by atoms with Gasteiger partial charge in [-0.05, 0) is 61.5 Å². The maximum absolute atomic E-state index is 11.9. The predicted octanol–water partition coefficient (Wildman–Crippen LogP) is 1.04. The van der Waals surface area contributed by atoms with Crippen molar-refractivity contribution in [3.63, 3.8) is 0 Å². The van der Waals surface area contributed by atoms with Gasteiger partial charge in [0.2, 0.25) is 0 Å². The van der Waals surface area contributed by atoms with Crippen molar-refractivity contribution in [1.82, 2.24) is 19.8 Å². The number of hydrogen-bond acceptors (Lipinski definition) is 5. The van der Waals surface area contributed by atoms with E-state index in [0.717, 1.165) is 18.7 Å². The summed E-state index contributed by atoms with van der Waals surface area (Å²) in [7, 11) is 0. The Kier molecular flexibility index (Phi) is 4.31. The Bertz CT molecular complexity index is 792. The highest BCUT2D eigenvalue weighted by Gasteiger charge is 2.39. The monoisotopic (exact) mass is 339 g/mol. The zero-order valence-corrected chi connectivity index (χ0v) is 14.4. The predicted molar refractivity (Wildman–Crippen MR) is 98.9 cm³/mol. The fourth-order valence-electron chi connectivity index (χ4n) is 4.09. The van der Waals surface area contributed by atoms with E-state index >= 15 is 0 Å². The molecule has 0 radical (unpaired) electrons. The molecule has 3 N–H and O–H groups in total. The molecule has 2 fully saturated rings. The molecule has 132 valence electrons. The Balaban J connectivity index is 1.37. The number of rotatable bonds is 4. The Morgan fingerprint density at radius 2 is 2.04 bits per heavy atom. The number of nitrogens with zero attached hydrogens (tertiary/aromatic N) is 3. The Hall–Kier alpha value is -2.18. The van der Waals surface area contributed by atoms with Crippen molar-refractivity contribution < 1.29 is 0 Å².